The lowest BCUT2D eigenvalue weighted by atomic mass is 10.0. The van der Waals surface area contributed by atoms with Gasteiger partial charge in [-0.2, -0.15) is 4.98 Å². The number of nitrogens with one attached hydrogen (secondary N) is 1. The Morgan fingerprint density at radius 1 is 1.08 bits per heavy atom. The number of hydrogen-bond acceptors (Lipinski definition) is 6. The first-order valence-corrected chi connectivity index (χ1v) is 8.95. The molecule has 2 fully saturated rings. The zero-order valence-corrected chi connectivity index (χ0v) is 14.7. The van der Waals surface area contributed by atoms with E-state index in [4.69, 9.17) is 21.1 Å². The molecule has 3 heterocycles. The topological polar surface area (TPSA) is 59.5 Å². The van der Waals surface area contributed by atoms with Crippen molar-refractivity contribution in [2.45, 2.75) is 25.2 Å². The average Bonchev–Trinajstić information content (AvgIpc) is 3.10. The van der Waals surface area contributed by atoms with E-state index in [-0.39, 0.29) is 5.79 Å². The second-order valence-corrected chi connectivity index (χ2v) is 6.75. The summed E-state index contributed by atoms with van der Waals surface area (Å²) in [5, 5.41) is 4.00. The number of hydrogen-bond donors (Lipinski definition) is 1. The molecule has 0 aliphatic carbocycles. The molecule has 2 aromatic rings. The lowest BCUT2D eigenvalue weighted by molar-refractivity contribution is -0.169. The lowest BCUT2D eigenvalue weighted by Gasteiger charge is -2.38. The third kappa shape index (κ3) is 3.86. The van der Waals surface area contributed by atoms with E-state index in [1.54, 1.807) is 6.20 Å². The molecule has 0 amide bonds. The Kier molecular flexibility index (Phi) is 4.74. The van der Waals surface area contributed by atoms with Gasteiger partial charge >= 0.3 is 0 Å². The largest absolute Gasteiger partial charge is 0.356 e. The van der Waals surface area contributed by atoms with Crippen molar-refractivity contribution in [2.75, 3.05) is 36.5 Å². The van der Waals surface area contributed by atoms with Crippen LogP contribution < -0.4 is 10.2 Å². The smallest absolute Gasteiger partial charge is 0.224 e. The van der Waals surface area contributed by atoms with Gasteiger partial charge in [0, 0.05) is 43.7 Å². The van der Waals surface area contributed by atoms with Crippen molar-refractivity contribution in [1.82, 2.24) is 9.97 Å². The summed E-state index contributed by atoms with van der Waals surface area (Å²) in [6.07, 6.45) is 3.52. The van der Waals surface area contributed by atoms with E-state index < -0.39 is 0 Å². The molecule has 1 N–H and O–H groups in total. The summed E-state index contributed by atoms with van der Waals surface area (Å²) in [5.74, 6) is 1.20. The molecule has 6 nitrogen and oxygen atoms in total. The molecule has 0 unspecified atom stereocenters. The molecule has 0 atom stereocenters. The maximum atomic E-state index is 5.91. The van der Waals surface area contributed by atoms with Gasteiger partial charge in [0.2, 0.25) is 5.95 Å². The molecular weight excluding hydrogens is 340 g/mol. The van der Waals surface area contributed by atoms with Gasteiger partial charge in [-0.3, -0.25) is 0 Å². The predicted molar refractivity (Wildman–Crippen MR) is 96.9 cm³/mol. The fourth-order valence-electron chi connectivity index (χ4n) is 3.26. The molecule has 4 rings (SSSR count). The van der Waals surface area contributed by atoms with E-state index in [2.05, 4.69) is 20.2 Å². The molecule has 0 radical (unpaired) electrons. The third-order valence-electron chi connectivity index (χ3n) is 4.67. The Balaban J connectivity index is 1.37. The van der Waals surface area contributed by atoms with Crippen molar-refractivity contribution in [2.24, 2.45) is 0 Å². The highest BCUT2D eigenvalue weighted by atomic mass is 35.5. The standard InChI is InChI=1S/C18H21ClN4O2/c19-15-3-1-14(2-4-15)13-21-17-20-8-5-16(22-17)23-9-6-18(7-10-23)24-11-12-25-18/h1-5,8H,6-7,9-13H2,(H,20,21,22). The molecular formula is C18H21ClN4O2. The van der Waals surface area contributed by atoms with Gasteiger partial charge in [-0.1, -0.05) is 23.7 Å². The van der Waals surface area contributed by atoms with E-state index in [0.717, 1.165) is 42.3 Å². The van der Waals surface area contributed by atoms with Gasteiger partial charge in [0.25, 0.3) is 0 Å². The van der Waals surface area contributed by atoms with Crippen LogP contribution in [0.5, 0.6) is 0 Å². The van der Waals surface area contributed by atoms with Crippen LogP contribution in [0.2, 0.25) is 5.02 Å². The highest BCUT2D eigenvalue weighted by Crippen LogP contribution is 2.32. The SMILES string of the molecule is Clc1ccc(CNc2nccc(N3CCC4(CC3)OCCO4)n2)cc1. The Morgan fingerprint density at radius 3 is 2.52 bits per heavy atom. The molecule has 25 heavy (non-hydrogen) atoms. The van der Waals surface area contributed by atoms with E-state index in [0.29, 0.717) is 25.7 Å². The number of nitrogens with zero attached hydrogens (tertiary/aromatic N) is 3. The molecule has 0 saturated carbocycles. The van der Waals surface area contributed by atoms with Gasteiger partial charge in [-0.25, -0.2) is 4.98 Å². The molecule has 1 aromatic carbocycles. The van der Waals surface area contributed by atoms with E-state index >= 15 is 0 Å². The first-order chi connectivity index (χ1) is 12.2. The predicted octanol–water partition coefficient (Wildman–Crippen LogP) is 3.09. The van der Waals surface area contributed by atoms with Gasteiger partial charge in [0.05, 0.1) is 13.2 Å². The van der Waals surface area contributed by atoms with Crippen LogP contribution in [-0.4, -0.2) is 42.1 Å². The first kappa shape index (κ1) is 16.6. The lowest BCUT2D eigenvalue weighted by Crippen LogP contribution is -2.45. The van der Waals surface area contributed by atoms with Crippen molar-refractivity contribution in [3.05, 3.63) is 47.1 Å². The Morgan fingerprint density at radius 2 is 1.80 bits per heavy atom. The summed E-state index contributed by atoms with van der Waals surface area (Å²) < 4.78 is 11.6. The minimum absolute atomic E-state index is 0.362. The van der Waals surface area contributed by atoms with E-state index in [9.17, 15) is 0 Å². The minimum Gasteiger partial charge on any atom is -0.356 e. The van der Waals surface area contributed by atoms with Gasteiger partial charge < -0.3 is 19.7 Å². The highest BCUT2D eigenvalue weighted by Gasteiger charge is 2.40. The first-order valence-electron chi connectivity index (χ1n) is 8.57. The summed E-state index contributed by atoms with van der Waals surface area (Å²) in [6, 6.07) is 9.69. The molecule has 2 aliphatic heterocycles. The summed E-state index contributed by atoms with van der Waals surface area (Å²) in [6.45, 7) is 3.80. The van der Waals surface area contributed by atoms with Gasteiger partial charge in [0.15, 0.2) is 5.79 Å². The zero-order chi connectivity index (χ0) is 17.1. The molecule has 0 bridgehead atoms. The quantitative estimate of drug-likeness (QED) is 0.904. The summed E-state index contributed by atoms with van der Waals surface area (Å²) >= 11 is 5.91. The number of rotatable bonds is 4. The van der Waals surface area contributed by atoms with Gasteiger partial charge in [-0.05, 0) is 23.8 Å². The Bertz CT molecular complexity index is 709. The maximum Gasteiger partial charge on any atom is 0.224 e. The molecule has 2 saturated heterocycles. The molecule has 7 heteroatoms. The van der Waals surface area contributed by atoms with E-state index in [1.807, 2.05) is 30.3 Å². The number of anilines is 2. The number of ether oxygens (including phenoxy) is 2. The van der Waals surface area contributed by atoms with E-state index in [1.165, 1.54) is 0 Å². The number of aromatic nitrogens is 2. The molecule has 1 aromatic heterocycles. The van der Waals surface area contributed by atoms with Crippen LogP contribution in [0.3, 0.4) is 0 Å². The fraction of sp³-hybridized carbons (Fsp3) is 0.444. The fourth-order valence-corrected chi connectivity index (χ4v) is 3.38. The number of halogens is 1. The zero-order valence-electron chi connectivity index (χ0n) is 13.9. The Hall–Kier alpha value is -1.89. The molecule has 2 aliphatic rings. The van der Waals surface area contributed by atoms with Gasteiger partial charge in [0.1, 0.15) is 5.82 Å². The Labute approximate surface area is 152 Å². The third-order valence-corrected chi connectivity index (χ3v) is 4.92. The second kappa shape index (κ2) is 7.15. The van der Waals surface area contributed by atoms with Gasteiger partial charge in [-0.15, -0.1) is 0 Å². The van der Waals surface area contributed by atoms with Crippen LogP contribution in [0, 0.1) is 0 Å². The van der Waals surface area contributed by atoms with Crippen LogP contribution in [0.1, 0.15) is 18.4 Å². The normalized spacial score (nSPS) is 19.3. The summed E-state index contributed by atoms with van der Waals surface area (Å²) in [7, 11) is 0. The average molecular weight is 361 g/mol. The van der Waals surface area contributed by atoms with Crippen molar-refractivity contribution >= 4 is 23.4 Å². The van der Waals surface area contributed by atoms with Crippen LogP contribution in [0.25, 0.3) is 0 Å². The van der Waals surface area contributed by atoms with Crippen molar-refractivity contribution < 1.29 is 9.47 Å². The monoisotopic (exact) mass is 360 g/mol. The second-order valence-electron chi connectivity index (χ2n) is 6.31. The minimum atomic E-state index is -0.362. The van der Waals surface area contributed by atoms with Crippen molar-refractivity contribution in [1.29, 1.82) is 0 Å². The maximum absolute atomic E-state index is 5.91. The molecule has 1 spiro atoms. The van der Waals surface area contributed by atoms with Crippen LogP contribution in [0.4, 0.5) is 11.8 Å². The van der Waals surface area contributed by atoms with Crippen molar-refractivity contribution in [3.63, 3.8) is 0 Å². The van der Waals surface area contributed by atoms with Crippen molar-refractivity contribution in [3.8, 4) is 0 Å². The summed E-state index contributed by atoms with van der Waals surface area (Å²) in [5.41, 5.74) is 1.13. The highest BCUT2D eigenvalue weighted by molar-refractivity contribution is 6.30. The number of benzene rings is 1. The van der Waals surface area contributed by atoms with Crippen LogP contribution in [-0.2, 0) is 16.0 Å². The number of piperidine rings is 1. The van der Waals surface area contributed by atoms with Crippen LogP contribution >= 0.6 is 11.6 Å². The summed E-state index contributed by atoms with van der Waals surface area (Å²) in [4.78, 5) is 11.2. The molecule has 132 valence electrons. The van der Waals surface area contributed by atoms with Crippen LogP contribution in [0.15, 0.2) is 36.5 Å².